The maximum Gasteiger partial charge on any atom is 0.322 e. The van der Waals surface area contributed by atoms with Gasteiger partial charge in [0.2, 0.25) is 0 Å². The first-order valence-electron chi connectivity index (χ1n) is 10.2. The van der Waals surface area contributed by atoms with E-state index in [1.54, 1.807) is 0 Å². The van der Waals surface area contributed by atoms with Crippen molar-refractivity contribution >= 4 is 17.8 Å². The van der Waals surface area contributed by atoms with Crippen LogP contribution in [0.1, 0.15) is 31.2 Å². The van der Waals surface area contributed by atoms with Crippen LogP contribution in [0.15, 0.2) is 18.2 Å². The van der Waals surface area contributed by atoms with E-state index in [1.165, 1.54) is 12.1 Å². The Labute approximate surface area is 172 Å². The van der Waals surface area contributed by atoms with Crippen LogP contribution in [-0.4, -0.2) is 66.2 Å². The Morgan fingerprint density at radius 1 is 1.33 bits per heavy atom. The number of halogens is 1. The fourth-order valence-electron chi connectivity index (χ4n) is 4.26. The predicted octanol–water partition coefficient (Wildman–Crippen LogP) is -0.0255. The molecule has 2 fully saturated rings. The van der Waals surface area contributed by atoms with E-state index in [2.05, 4.69) is 20.9 Å². The second kappa shape index (κ2) is 8.19. The predicted molar refractivity (Wildman–Crippen MR) is 103 cm³/mol. The number of benzene rings is 1. The van der Waals surface area contributed by atoms with Crippen LogP contribution in [0, 0.1) is 5.82 Å². The number of urea groups is 1. The Balaban J connectivity index is 1.39. The molecule has 10 heteroatoms. The first-order chi connectivity index (χ1) is 14.4. The van der Waals surface area contributed by atoms with Crippen LogP contribution in [0.2, 0.25) is 0 Å². The molecule has 3 aliphatic heterocycles. The zero-order chi connectivity index (χ0) is 21.3. The first-order valence-corrected chi connectivity index (χ1v) is 10.2. The summed E-state index contributed by atoms with van der Waals surface area (Å²) in [4.78, 5) is 39.3. The van der Waals surface area contributed by atoms with Crippen LogP contribution in [0.4, 0.5) is 9.18 Å². The molecular weight excluding hydrogens is 395 g/mol. The van der Waals surface area contributed by atoms with E-state index in [4.69, 9.17) is 4.74 Å². The summed E-state index contributed by atoms with van der Waals surface area (Å²) in [6.07, 6.45) is 0.907. The molecule has 1 spiro atoms. The van der Waals surface area contributed by atoms with Gasteiger partial charge in [0.1, 0.15) is 11.6 Å². The number of aliphatic hydroxyl groups is 1. The molecule has 2 atom stereocenters. The van der Waals surface area contributed by atoms with Gasteiger partial charge in [0.15, 0.2) is 11.6 Å². The van der Waals surface area contributed by atoms with Gasteiger partial charge in [0.25, 0.3) is 11.8 Å². The molecule has 2 saturated heterocycles. The van der Waals surface area contributed by atoms with E-state index < -0.39 is 35.3 Å². The summed E-state index contributed by atoms with van der Waals surface area (Å²) < 4.78 is 19.5. The number of hydrogen-bond donors (Lipinski definition) is 4. The van der Waals surface area contributed by atoms with Gasteiger partial charge in [0, 0.05) is 31.6 Å². The molecule has 0 bridgehead atoms. The SMILES string of the molecule is O=C1NC(=O)C2(CC(C(=O)NCCCN3CCC(O)CC3)Oc3ccc(F)cc32)N1. The number of aliphatic hydroxyl groups excluding tert-OH is 1. The summed E-state index contributed by atoms with van der Waals surface area (Å²) in [6, 6.07) is 2.98. The van der Waals surface area contributed by atoms with Crippen molar-refractivity contribution in [3.8, 4) is 5.75 Å². The standard InChI is InChI=1S/C20H25FN4O5/c21-12-2-3-15-14(10-12)20(18(28)23-19(29)24-20)11-16(30-15)17(27)22-6-1-7-25-8-4-13(26)5-9-25/h2-3,10,13,16,26H,1,4-9,11H2,(H,22,27)(H2,23,24,28,29). The van der Waals surface area contributed by atoms with Crippen LogP contribution in [0.25, 0.3) is 0 Å². The van der Waals surface area contributed by atoms with Gasteiger partial charge in [-0.05, 0) is 44.0 Å². The number of imide groups is 1. The lowest BCUT2D eigenvalue weighted by atomic mass is 9.81. The number of fused-ring (bicyclic) bond motifs is 2. The highest BCUT2D eigenvalue weighted by atomic mass is 19.1. The molecule has 0 aliphatic carbocycles. The monoisotopic (exact) mass is 420 g/mol. The van der Waals surface area contributed by atoms with Crippen molar-refractivity contribution in [2.24, 2.45) is 0 Å². The fraction of sp³-hybridized carbons (Fsp3) is 0.550. The Morgan fingerprint density at radius 2 is 2.10 bits per heavy atom. The fourth-order valence-corrected chi connectivity index (χ4v) is 4.26. The molecule has 0 radical (unpaired) electrons. The molecule has 162 valence electrons. The van der Waals surface area contributed by atoms with Crippen molar-refractivity contribution in [1.82, 2.24) is 20.9 Å². The van der Waals surface area contributed by atoms with Crippen molar-refractivity contribution in [2.45, 2.75) is 43.4 Å². The van der Waals surface area contributed by atoms with E-state index in [-0.39, 0.29) is 23.8 Å². The summed E-state index contributed by atoms with van der Waals surface area (Å²) in [7, 11) is 0. The topological polar surface area (TPSA) is 120 Å². The maximum atomic E-state index is 13.8. The van der Waals surface area contributed by atoms with Gasteiger partial charge < -0.3 is 25.4 Å². The number of carbonyl (C=O) groups excluding carboxylic acids is 3. The Hall–Kier alpha value is -2.72. The second-order valence-corrected chi connectivity index (χ2v) is 7.98. The van der Waals surface area contributed by atoms with Crippen LogP contribution in [0.3, 0.4) is 0 Å². The Bertz CT molecular complexity index is 858. The number of hydrogen-bond acceptors (Lipinski definition) is 6. The van der Waals surface area contributed by atoms with Crippen LogP contribution >= 0.6 is 0 Å². The molecular formula is C20H25FN4O5. The number of carbonyl (C=O) groups is 3. The molecule has 9 nitrogen and oxygen atoms in total. The number of nitrogens with zero attached hydrogens (tertiary/aromatic N) is 1. The van der Waals surface area contributed by atoms with Crippen LogP contribution in [0.5, 0.6) is 5.75 Å². The average Bonchev–Trinajstić information content (AvgIpc) is 3.00. The van der Waals surface area contributed by atoms with Crippen molar-refractivity contribution in [1.29, 1.82) is 0 Å². The number of rotatable bonds is 5. The van der Waals surface area contributed by atoms with Crippen molar-refractivity contribution in [3.63, 3.8) is 0 Å². The molecule has 3 heterocycles. The largest absolute Gasteiger partial charge is 0.480 e. The molecule has 4 rings (SSSR count). The molecule has 4 amide bonds. The summed E-state index contributed by atoms with van der Waals surface area (Å²) in [5, 5.41) is 17.1. The van der Waals surface area contributed by atoms with Gasteiger partial charge >= 0.3 is 6.03 Å². The molecule has 0 saturated carbocycles. The third-order valence-electron chi connectivity index (χ3n) is 5.90. The van der Waals surface area contributed by atoms with Crippen molar-refractivity contribution in [2.75, 3.05) is 26.2 Å². The zero-order valence-electron chi connectivity index (χ0n) is 16.4. The lowest BCUT2D eigenvalue weighted by Crippen LogP contribution is -2.54. The normalized spacial score (nSPS) is 26.7. The number of amides is 4. The minimum absolute atomic E-state index is 0.128. The van der Waals surface area contributed by atoms with Crippen molar-refractivity contribution < 1.29 is 28.6 Å². The van der Waals surface area contributed by atoms with E-state index in [0.29, 0.717) is 6.54 Å². The third-order valence-corrected chi connectivity index (χ3v) is 5.90. The molecule has 30 heavy (non-hydrogen) atoms. The quantitative estimate of drug-likeness (QED) is 0.392. The Kier molecular flexibility index (Phi) is 5.61. The molecule has 4 N–H and O–H groups in total. The Morgan fingerprint density at radius 3 is 2.80 bits per heavy atom. The molecule has 1 aromatic carbocycles. The lowest BCUT2D eigenvalue weighted by molar-refractivity contribution is -0.133. The minimum atomic E-state index is -1.54. The van der Waals surface area contributed by atoms with Crippen LogP contribution < -0.4 is 20.7 Å². The van der Waals surface area contributed by atoms with Gasteiger partial charge in [-0.25, -0.2) is 9.18 Å². The molecule has 1 aromatic rings. The average molecular weight is 420 g/mol. The van der Waals surface area contributed by atoms with Crippen LogP contribution in [-0.2, 0) is 15.1 Å². The highest BCUT2D eigenvalue weighted by Crippen LogP contribution is 2.41. The maximum absolute atomic E-state index is 13.8. The van der Waals surface area contributed by atoms with E-state index in [9.17, 15) is 23.9 Å². The summed E-state index contributed by atoms with van der Waals surface area (Å²) in [5.41, 5.74) is -1.34. The van der Waals surface area contributed by atoms with Crippen molar-refractivity contribution in [3.05, 3.63) is 29.6 Å². The minimum Gasteiger partial charge on any atom is -0.480 e. The van der Waals surface area contributed by atoms with E-state index in [0.717, 1.165) is 45.0 Å². The first kappa shape index (κ1) is 20.5. The van der Waals surface area contributed by atoms with Gasteiger partial charge in [-0.1, -0.05) is 0 Å². The summed E-state index contributed by atoms with van der Waals surface area (Å²) >= 11 is 0. The highest BCUT2D eigenvalue weighted by molar-refractivity contribution is 6.08. The third kappa shape index (κ3) is 3.97. The highest BCUT2D eigenvalue weighted by Gasteiger charge is 2.54. The van der Waals surface area contributed by atoms with Gasteiger partial charge in [0.05, 0.1) is 6.10 Å². The lowest BCUT2D eigenvalue weighted by Gasteiger charge is -2.36. The zero-order valence-corrected chi connectivity index (χ0v) is 16.4. The van der Waals surface area contributed by atoms with Gasteiger partial charge in [-0.3, -0.25) is 14.9 Å². The van der Waals surface area contributed by atoms with Gasteiger partial charge in [-0.2, -0.15) is 0 Å². The van der Waals surface area contributed by atoms with E-state index in [1.807, 2.05) is 0 Å². The molecule has 3 aliphatic rings. The molecule has 0 aromatic heterocycles. The number of likely N-dealkylation sites (tertiary alicyclic amines) is 1. The number of ether oxygens (including phenoxy) is 1. The number of piperidine rings is 1. The smallest absolute Gasteiger partial charge is 0.322 e. The second-order valence-electron chi connectivity index (χ2n) is 7.98. The summed E-state index contributed by atoms with van der Waals surface area (Å²) in [6.45, 7) is 2.92. The summed E-state index contributed by atoms with van der Waals surface area (Å²) in [5.74, 6) is -1.41. The number of nitrogens with one attached hydrogen (secondary N) is 3. The molecule has 2 unspecified atom stereocenters. The van der Waals surface area contributed by atoms with Gasteiger partial charge in [-0.15, -0.1) is 0 Å². The van der Waals surface area contributed by atoms with E-state index >= 15 is 0 Å².